The predicted octanol–water partition coefficient (Wildman–Crippen LogP) is 27.1. The molecule has 0 atom stereocenters. The molecule has 16 aromatic carbocycles. The maximum Gasteiger partial charge on any atom is 0.145 e. The molecule has 0 amide bonds. The molecule has 104 heavy (non-hydrogen) atoms. The molecule has 8 heteroatoms. The first-order chi connectivity index (χ1) is 51.6. The summed E-state index contributed by atoms with van der Waals surface area (Å²) in [5.41, 5.74) is 25.5. The molecular weight excluding hydrogens is 1290 g/mol. The Bertz CT molecular complexity index is 7850. The first-order valence-electron chi connectivity index (χ1n) is 35.4. The molecule has 0 spiro atoms. The van der Waals surface area contributed by atoms with Gasteiger partial charge in [0.2, 0.25) is 0 Å². The lowest BCUT2D eigenvalue weighted by Gasteiger charge is -2.11. The van der Waals surface area contributed by atoms with E-state index in [1.165, 1.54) is 41.7 Å². The Hall–Kier alpha value is -13.7. The van der Waals surface area contributed by atoms with Gasteiger partial charge in [0, 0.05) is 108 Å². The third kappa shape index (κ3) is 7.78. The second-order valence-electron chi connectivity index (χ2n) is 27.8. The lowest BCUT2D eigenvalue weighted by atomic mass is 9.98. The van der Waals surface area contributed by atoms with Crippen LogP contribution in [0.2, 0.25) is 0 Å². The molecule has 0 aliphatic carbocycles. The van der Waals surface area contributed by atoms with Crippen molar-refractivity contribution in [2.75, 3.05) is 0 Å². The van der Waals surface area contributed by atoms with E-state index in [2.05, 4.69) is 340 Å². The zero-order valence-corrected chi connectivity index (χ0v) is 56.4. The van der Waals surface area contributed by atoms with Gasteiger partial charge in [-0.05, 0) is 209 Å². The maximum atomic E-state index is 7.21. The van der Waals surface area contributed by atoms with Crippen molar-refractivity contribution >= 4 is 185 Å². The van der Waals surface area contributed by atoms with Crippen molar-refractivity contribution in [1.82, 2.24) is 18.3 Å². The highest BCUT2D eigenvalue weighted by Crippen LogP contribution is 2.50. The van der Waals surface area contributed by atoms with Crippen LogP contribution in [-0.2, 0) is 0 Å². The van der Waals surface area contributed by atoms with Gasteiger partial charge in [0.25, 0.3) is 0 Å². The quantitative estimate of drug-likeness (QED) is 0.160. The van der Waals surface area contributed by atoms with E-state index in [1.54, 1.807) is 0 Å². The summed E-state index contributed by atoms with van der Waals surface area (Å²) in [6, 6.07) is 120. The molecule has 8 aromatic heterocycles. The second-order valence-corrected chi connectivity index (χ2v) is 28.9. The van der Waals surface area contributed by atoms with Crippen LogP contribution in [0.25, 0.3) is 229 Å². The topological polar surface area (TPSA) is 59.1 Å². The molecule has 24 rings (SSSR count). The minimum atomic E-state index is 0.844. The molecule has 0 aliphatic rings. The summed E-state index contributed by atoms with van der Waals surface area (Å²) in [7, 11) is 0. The Kier molecular flexibility index (Phi) is 11.3. The van der Waals surface area contributed by atoms with Crippen LogP contribution >= 0.6 is 11.3 Å². The number of hydrogen-bond acceptors (Lipinski definition) is 4. The molecule has 482 valence electrons. The van der Waals surface area contributed by atoms with Gasteiger partial charge in [0.05, 0.1) is 54.9 Å². The van der Waals surface area contributed by atoms with Crippen LogP contribution in [0, 0.1) is 0 Å². The summed E-state index contributed by atoms with van der Waals surface area (Å²) >= 11 is 1.87. The summed E-state index contributed by atoms with van der Waals surface area (Å²) in [5.74, 6) is 0. The Morgan fingerprint density at radius 1 is 0.183 bits per heavy atom. The first kappa shape index (κ1) is 56.1. The Labute approximate surface area is 595 Å². The van der Waals surface area contributed by atoms with Gasteiger partial charge >= 0.3 is 0 Å². The van der Waals surface area contributed by atoms with E-state index in [-0.39, 0.29) is 0 Å². The third-order valence-corrected chi connectivity index (χ3v) is 23.5. The van der Waals surface area contributed by atoms with Crippen molar-refractivity contribution in [1.29, 1.82) is 0 Å². The fourth-order valence-electron chi connectivity index (χ4n) is 17.8. The van der Waals surface area contributed by atoms with Gasteiger partial charge in [0.15, 0.2) is 0 Å². The molecule has 0 unspecified atom stereocenters. The minimum absolute atomic E-state index is 0.844. The number of fused-ring (bicyclic) bond motifs is 28. The van der Waals surface area contributed by atoms with Crippen molar-refractivity contribution in [3.63, 3.8) is 0 Å². The third-order valence-electron chi connectivity index (χ3n) is 22.3. The lowest BCUT2D eigenvalue weighted by molar-refractivity contribution is 0.669. The number of rotatable bonds is 7. The van der Waals surface area contributed by atoms with Crippen LogP contribution in [0.15, 0.2) is 341 Å². The summed E-state index contributed by atoms with van der Waals surface area (Å²) in [6.45, 7) is 0. The zero-order chi connectivity index (χ0) is 67.6. The first-order valence-corrected chi connectivity index (χ1v) is 36.3. The van der Waals surface area contributed by atoms with Gasteiger partial charge in [-0.1, -0.05) is 152 Å². The van der Waals surface area contributed by atoms with Crippen LogP contribution < -0.4 is 0 Å². The minimum Gasteiger partial charge on any atom is -0.456 e. The van der Waals surface area contributed by atoms with Gasteiger partial charge in [-0.15, -0.1) is 11.3 Å². The molecule has 24 aromatic rings. The van der Waals surface area contributed by atoms with E-state index in [1.807, 2.05) is 17.4 Å². The molecule has 0 N–H and O–H groups in total. The van der Waals surface area contributed by atoms with Crippen LogP contribution in [-0.4, -0.2) is 18.3 Å². The number of aromatic nitrogens is 4. The molecule has 0 saturated carbocycles. The number of nitrogens with zero attached hydrogens (tertiary/aromatic N) is 4. The van der Waals surface area contributed by atoms with Crippen LogP contribution in [0.4, 0.5) is 0 Å². The SMILES string of the molecule is c1ccc(-n2c3ccc(-c4ccc5c(c4)c4c6c(ccc4n5-c4cccc(-c5ccc7oc8c(ccc9c8c8cc(-c%10ccc%11c(c%10)c%10c%12c(ccc%10n%11-c%10ccccc%10)oc%10ccccc%10%12)ccc8n9-c8ccccc8)c7c5)c4)sc4ccccc46)cc3c3c4oc5ccccc5c4ccc32)cc1. The number of benzene rings is 16. The van der Waals surface area contributed by atoms with Gasteiger partial charge < -0.3 is 31.5 Å². The normalized spacial score (nSPS) is 12.4. The molecule has 0 aliphatic heterocycles. The lowest BCUT2D eigenvalue weighted by Crippen LogP contribution is -1.94. The maximum absolute atomic E-state index is 7.21. The van der Waals surface area contributed by atoms with E-state index < -0.39 is 0 Å². The highest BCUT2D eigenvalue weighted by Gasteiger charge is 2.26. The fourth-order valence-corrected chi connectivity index (χ4v) is 19.0. The number of hydrogen-bond donors (Lipinski definition) is 0. The average Bonchev–Trinajstić information content (AvgIpc) is 1.57. The predicted molar refractivity (Wildman–Crippen MR) is 435 cm³/mol. The van der Waals surface area contributed by atoms with Crippen molar-refractivity contribution in [3.8, 4) is 56.1 Å². The van der Waals surface area contributed by atoms with Gasteiger partial charge in [0.1, 0.15) is 33.5 Å². The molecule has 0 bridgehead atoms. The second kappa shape index (κ2) is 21.0. The van der Waals surface area contributed by atoms with Crippen molar-refractivity contribution in [2.24, 2.45) is 0 Å². The standard InChI is InChI=1S/C96H54N4O3S/c1-4-18-61(19-5-1)97-75-38-31-56(51-71(75)89-79(97)44-47-86-93(89)68-26-11-14-29-84(68)101-86)58-33-41-78-74(54-58)92-82(99(78)63-22-8-3-9-23-63)43-37-67-70-50-60(35-46-85(70)103-96(67)92)55-17-16-24-64(49-55)100-76-39-32-57(52-72(76)90-80(100)45-48-88-94(90)69-27-12-15-30-87(69)104-88)59-34-40-77-73(53-59)91-81(98(77)62-20-6-2-7-21-62)42-36-66-65-25-10-13-28-83(65)102-95(66)91/h1-54H. The molecule has 8 heterocycles. The van der Waals surface area contributed by atoms with E-state index in [0.29, 0.717) is 0 Å². The van der Waals surface area contributed by atoms with Crippen LogP contribution in [0.3, 0.4) is 0 Å². The molecule has 0 saturated heterocycles. The van der Waals surface area contributed by atoms with Crippen LogP contribution in [0.5, 0.6) is 0 Å². The fraction of sp³-hybridized carbons (Fsp3) is 0. The highest BCUT2D eigenvalue weighted by atomic mass is 32.1. The average molecular weight is 1340 g/mol. The number of para-hydroxylation sites is 5. The molecule has 0 radical (unpaired) electrons. The largest absolute Gasteiger partial charge is 0.456 e. The van der Waals surface area contributed by atoms with Gasteiger partial charge in [-0.2, -0.15) is 0 Å². The summed E-state index contributed by atoms with van der Waals surface area (Å²) in [4.78, 5) is 0. The van der Waals surface area contributed by atoms with E-state index in [0.717, 1.165) is 188 Å². The Balaban J connectivity index is 0.664. The van der Waals surface area contributed by atoms with Crippen molar-refractivity contribution in [2.45, 2.75) is 0 Å². The van der Waals surface area contributed by atoms with Crippen LogP contribution in [0.1, 0.15) is 0 Å². The molecule has 7 nitrogen and oxygen atoms in total. The van der Waals surface area contributed by atoms with E-state index >= 15 is 0 Å². The zero-order valence-electron chi connectivity index (χ0n) is 55.6. The smallest absolute Gasteiger partial charge is 0.145 e. The highest BCUT2D eigenvalue weighted by molar-refractivity contribution is 7.26. The van der Waals surface area contributed by atoms with Gasteiger partial charge in [-0.3, -0.25) is 0 Å². The monoisotopic (exact) mass is 1340 g/mol. The Morgan fingerprint density at radius 3 is 1.12 bits per heavy atom. The summed E-state index contributed by atoms with van der Waals surface area (Å²) in [6.07, 6.45) is 0. The van der Waals surface area contributed by atoms with E-state index in [4.69, 9.17) is 13.3 Å². The number of furan rings is 3. The molecule has 0 fully saturated rings. The Morgan fingerprint density at radius 2 is 0.558 bits per heavy atom. The molecular formula is C96H54N4O3S. The van der Waals surface area contributed by atoms with E-state index in [9.17, 15) is 0 Å². The number of thiophene rings is 1. The van der Waals surface area contributed by atoms with Crippen molar-refractivity contribution < 1.29 is 13.3 Å². The summed E-state index contributed by atoms with van der Waals surface area (Å²) in [5, 5.41) is 18.5. The van der Waals surface area contributed by atoms with Crippen molar-refractivity contribution in [3.05, 3.63) is 328 Å². The summed E-state index contributed by atoms with van der Waals surface area (Å²) < 4.78 is 32.8. The van der Waals surface area contributed by atoms with Gasteiger partial charge in [-0.25, -0.2) is 0 Å².